The molecule has 0 aliphatic rings. The third-order valence-corrected chi connectivity index (χ3v) is 9.28. The Morgan fingerprint density at radius 1 is 0.878 bits per heavy atom. The van der Waals surface area contributed by atoms with E-state index >= 15 is 0 Å². The van der Waals surface area contributed by atoms with Gasteiger partial charge in [0.25, 0.3) is 0 Å². The summed E-state index contributed by atoms with van der Waals surface area (Å²) in [6, 6.07) is 18.5. The van der Waals surface area contributed by atoms with Gasteiger partial charge in [0.05, 0.1) is 32.8 Å². The minimum Gasteiger partial charge on any atom is -0.494 e. The van der Waals surface area contributed by atoms with E-state index in [1.807, 2.05) is 50.4 Å². The maximum absolute atomic E-state index is 13.6. The van der Waals surface area contributed by atoms with E-state index in [-0.39, 0.29) is 4.90 Å². The molecule has 0 saturated carbocycles. The second kappa shape index (κ2) is 13.3. The van der Waals surface area contributed by atoms with Crippen LogP contribution in [0.4, 0.5) is 0 Å². The lowest BCUT2D eigenvalue weighted by Gasteiger charge is -2.18. The van der Waals surface area contributed by atoms with Crippen molar-refractivity contribution in [2.45, 2.75) is 36.1 Å². The van der Waals surface area contributed by atoms with E-state index in [1.54, 1.807) is 50.2 Å². The molecule has 0 fully saturated rings. The van der Waals surface area contributed by atoms with Crippen LogP contribution >= 0.6 is 0 Å². The molecule has 0 spiro atoms. The Hall–Kier alpha value is -3.69. The van der Waals surface area contributed by atoms with E-state index in [2.05, 4.69) is 11.9 Å². The molecule has 0 amide bonds. The smallest absolute Gasteiger partial charge is 0.222 e. The highest BCUT2D eigenvalue weighted by molar-refractivity contribution is 7.91. The predicted molar refractivity (Wildman–Crippen MR) is 162 cm³/mol. The summed E-state index contributed by atoms with van der Waals surface area (Å²) in [6.45, 7) is 4.24. The Labute approximate surface area is 243 Å². The van der Waals surface area contributed by atoms with E-state index in [0.717, 1.165) is 48.0 Å². The van der Waals surface area contributed by atoms with Crippen molar-refractivity contribution in [2.75, 3.05) is 48.1 Å². The lowest BCUT2D eigenvalue weighted by atomic mass is 10.1. The minimum atomic E-state index is -3.69. The Morgan fingerprint density at radius 3 is 2.15 bits per heavy atom. The van der Waals surface area contributed by atoms with Gasteiger partial charge in [0.1, 0.15) is 10.8 Å². The minimum absolute atomic E-state index is 0.261. The molecule has 1 aromatic heterocycles. The molecule has 1 heterocycles. The van der Waals surface area contributed by atoms with Crippen LogP contribution in [0.1, 0.15) is 24.5 Å². The third kappa shape index (κ3) is 6.47. The average molecular weight is 581 g/mol. The van der Waals surface area contributed by atoms with Gasteiger partial charge >= 0.3 is 0 Å². The molecule has 0 atom stereocenters. The van der Waals surface area contributed by atoms with Crippen LogP contribution in [0.15, 0.2) is 70.6 Å². The number of rotatable bonds is 14. The zero-order valence-corrected chi connectivity index (χ0v) is 25.6. The summed E-state index contributed by atoms with van der Waals surface area (Å²) < 4.78 is 51.3. The molecule has 220 valence electrons. The van der Waals surface area contributed by atoms with Gasteiger partial charge in [0, 0.05) is 31.0 Å². The molecule has 0 saturated heterocycles. The van der Waals surface area contributed by atoms with Crippen molar-refractivity contribution in [1.29, 1.82) is 0 Å². The van der Waals surface area contributed by atoms with Gasteiger partial charge < -0.3 is 28.4 Å². The maximum atomic E-state index is 13.6. The normalized spacial score (nSPS) is 11.7. The number of fused-ring (bicyclic) bond motifs is 1. The van der Waals surface area contributed by atoms with E-state index in [0.29, 0.717) is 41.1 Å². The largest absolute Gasteiger partial charge is 0.494 e. The second-order valence-corrected chi connectivity index (χ2v) is 11.8. The lowest BCUT2D eigenvalue weighted by molar-refractivity contribution is 0.263. The van der Waals surface area contributed by atoms with Crippen LogP contribution in [-0.2, 0) is 29.7 Å². The number of nitrogens with zero attached hydrogens (tertiary/aromatic N) is 2. The number of hydrogen-bond acceptors (Lipinski definition) is 7. The van der Waals surface area contributed by atoms with Gasteiger partial charge in [-0.25, -0.2) is 8.42 Å². The second-order valence-electron chi connectivity index (χ2n) is 9.98. The van der Waals surface area contributed by atoms with Crippen molar-refractivity contribution >= 4 is 20.7 Å². The molecular weight excluding hydrogens is 540 g/mol. The van der Waals surface area contributed by atoms with Crippen molar-refractivity contribution < 1.29 is 27.4 Å². The molecule has 0 bridgehead atoms. The van der Waals surface area contributed by atoms with E-state index in [1.165, 1.54) is 0 Å². The van der Waals surface area contributed by atoms with Gasteiger partial charge in [-0.05, 0) is 79.9 Å². The number of aryl methyl sites for hydroxylation is 2. The fraction of sp³-hybridized carbons (Fsp3) is 0.375. The third-order valence-electron chi connectivity index (χ3n) is 7.36. The molecule has 4 rings (SSSR count). The number of hydrogen-bond donors (Lipinski definition) is 0. The first-order chi connectivity index (χ1) is 19.7. The van der Waals surface area contributed by atoms with Gasteiger partial charge in [-0.1, -0.05) is 25.1 Å². The monoisotopic (exact) mass is 580 g/mol. The number of para-hydroxylation sites is 1. The first-order valence-corrected chi connectivity index (χ1v) is 15.2. The summed E-state index contributed by atoms with van der Waals surface area (Å²) in [4.78, 5) is 2.51. The lowest BCUT2D eigenvalue weighted by Crippen LogP contribution is -2.23. The summed E-state index contributed by atoms with van der Waals surface area (Å²) in [5.74, 6) is 2.55. The Bertz CT molecular complexity index is 1550. The molecule has 0 aliphatic carbocycles. The van der Waals surface area contributed by atoms with Gasteiger partial charge in [0.2, 0.25) is 15.6 Å². The SMILES string of the molecule is CCc1c(S(=O)(=O)c2ccc(OCCCN(C)CCc3cc(OC)c(OC)c(OC)c3)cc2)n(C)c2ccccc12. The molecule has 0 radical (unpaired) electrons. The number of sulfone groups is 1. The van der Waals surface area contributed by atoms with Crippen LogP contribution in [0.5, 0.6) is 23.0 Å². The van der Waals surface area contributed by atoms with Crippen molar-refractivity contribution in [3.63, 3.8) is 0 Å². The van der Waals surface area contributed by atoms with E-state index in [9.17, 15) is 8.42 Å². The summed E-state index contributed by atoms with van der Waals surface area (Å²) in [7, 11) is 5.03. The van der Waals surface area contributed by atoms with Crippen LogP contribution in [0.25, 0.3) is 10.9 Å². The fourth-order valence-electron chi connectivity index (χ4n) is 5.20. The van der Waals surface area contributed by atoms with Gasteiger partial charge in [-0.15, -0.1) is 0 Å². The summed E-state index contributed by atoms with van der Waals surface area (Å²) in [5.41, 5.74) is 2.86. The number of ether oxygens (including phenoxy) is 4. The van der Waals surface area contributed by atoms with Crippen molar-refractivity contribution in [2.24, 2.45) is 7.05 Å². The molecule has 8 nitrogen and oxygen atoms in total. The van der Waals surface area contributed by atoms with Gasteiger partial charge in [0.15, 0.2) is 11.5 Å². The Kier molecular flexibility index (Phi) is 9.83. The van der Waals surface area contributed by atoms with Crippen LogP contribution in [-0.4, -0.2) is 66.0 Å². The van der Waals surface area contributed by atoms with Gasteiger partial charge in [-0.3, -0.25) is 0 Å². The van der Waals surface area contributed by atoms with E-state index < -0.39 is 9.84 Å². The van der Waals surface area contributed by atoms with Crippen LogP contribution in [0.3, 0.4) is 0 Å². The molecule has 9 heteroatoms. The summed E-state index contributed by atoms with van der Waals surface area (Å²) in [5, 5.41) is 1.33. The topological polar surface area (TPSA) is 79.2 Å². The fourth-order valence-corrected chi connectivity index (χ4v) is 6.95. The number of benzene rings is 3. The highest BCUT2D eigenvalue weighted by atomic mass is 32.2. The first kappa shape index (κ1) is 30.3. The highest BCUT2D eigenvalue weighted by Crippen LogP contribution is 2.38. The standard InChI is InChI=1S/C32H40N2O6S/c1-7-26-27-11-8-9-12-28(27)34(3)32(26)41(35,36)25-15-13-24(14-16-25)40-20-10-18-33(2)19-17-23-21-29(37-4)31(39-6)30(22-23)38-5/h8-9,11-16,21-22H,7,10,17-20H2,1-6H3. The van der Waals surface area contributed by atoms with Crippen LogP contribution in [0, 0.1) is 0 Å². The first-order valence-electron chi connectivity index (χ1n) is 13.8. The number of methoxy groups -OCH3 is 3. The Morgan fingerprint density at radius 2 is 1.54 bits per heavy atom. The molecule has 0 aliphatic heterocycles. The van der Waals surface area contributed by atoms with Crippen molar-refractivity contribution in [1.82, 2.24) is 9.47 Å². The van der Waals surface area contributed by atoms with Gasteiger partial charge in [-0.2, -0.15) is 0 Å². The zero-order chi connectivity index (χ0) is 29.6. The van der Waals surface area contributed by atoms with Crippen LogP contribution < -0.4 is 18.9 Å². The number of aromatic nitrogens is 1. The summed E-state index contributed by atoms with van der Waals surface area (Å²) >= 11 is 0. The molecule has 0 N–H and O–H groups in total. The molecule has 3 aromatic carbocycles. The quantitative estimate of drug-likeness (QED) is 0.181. The van der Waals surface area contributed by atoms with Crippen LogP contribution in [0.2, 0.25) is 0 Å². The Balaban J connectivity index is 1.31. The van der Waals surface area contributed by atoms with Crippen molar-refractivity contribution in [3.8, 4) is 23.0 Å². The number of likely N-dealkylation sites (N-methyl/N-ethyl adjacent to an activating group) is 1. The molecule has 0 unspecified atom stereocenters. The summed E-state index contributed by atoms with van der Waals surface area (Å²) in [6.07, 6.45) is 2.30. The molecule has 4 aromatic rings. The molecular formula is C32H40N2O6S. The zero-order valence-electron chi connectivity index (χ0n) is 24.8. The van der Waals surface area contributed by atoms with Crippen molar-refractivity contribution in [3.05, 3.63) is 71.8 Å². The average Bonchev–Trinajstić information content (AvgIpc) is 3.29. The maximum Gasteiger partial charge on any atom is 0.222 e. The predicted octanol–water partition coefficient (Wildman–Crippen LogP) is 5.54. The van der Waals surface area contributed by atoms with E-state index in [4.69, 9.17) is 18.9 Å². The highest BCUT2D eigenvalue weighted by Gasteiger charge is 2.27. The molecule has 41 heavy (non-hydrogen) atoms.